The van der Waals surface area contributed by atoms with E-state index in [1.54, 1.807) is 24.3 Å². The summed E-state index contributed by atoms with van der Waals surface area (Å²) in [7, 11) is 0. The molecule has 5 nitrogen and oxygen atoms in total. The molecule has 4 rings (SSSR count). The van der Waals surface area contributed by atoms with Crippen molar-refractivity contribution in [2.75, 3.05) is 6.61 Å². The number of nitrogens with zero attached hydrogens (tertiary/aromatic N) is 2. The third kappa shape index (κ3) is 2.62. The van der Waals surface area contributed by atoms with E-state index in [9.17, 15) is 4.79 Å². The molecular formula is C21H16N2O3. The van der Waals surface area contributed by atoms with Crippen LogP contribution in [0.25, 0.3) is 17.0 Å². The van der Waals surface area contributed by atoms with Crippen LogP contribution in [-0.4, -0.2) is 17.0 Å². The second-order valence-electron chi connectivity index (χ2n) is 5.93. The average Bonchev–Trinajstić information content (AvgIpc) is 3.18. The molecule has 0 saturated heterocycles. The molecule has 1 aromatic heterocycles. The Kier molecular flexibility index (Phi) is 3.94. The summed E-state index contributed by atoms with van der Waals surface area (Å²) in [5.41, 5.74) is 2.57. The molecule has 0 N–H and O–H groups in total. The lowest BCUT2D eigenvalue weighted by atomic mass is 10.1. The van der Waals surface area contributed by atoms with E-state index in [1.165, 1.54) is 0 Å². The van der Waals surface area contributed by atoms with Gasteiger partial charge in [0.2, 0.25) is 5.78 Å². The predicted octanol–water partition coefficient (Wildman–Crippen LogP) is 4.18. The molecule has 5 heteroatoms. The number of hydrogen-bond donors (Lipinski definition) is 0. The van der Waals surface area contributed by atoms with Gasteiger partial charge in [0, 0.05) is 35.3 Å². The van der Waals surface area contributed by atoms with Crippen molar-refractivity contribution in [2.24, 2.45) is 0 Å². The first kappa shape index (κ1) is 16.0. The van der Waals surface area contributed by atoms with Crippen LogP contribution in [0.5, 0.6) is 11.5 Å². The van der Waals surface area contributed by atoms with Crippen molar-refractivity contribution in [2.45, 2.75) is 13.5 Å². The van der Waals surface area contributed by atoms with Crippen LogP contribution in [0.15, 0.2) is 54.4 Å². The zero-order valence-corrected chi connectivity index (χ0v) is 14.2. The maximum atomic E-state index is 12.6. The first-order valence-corrected chi connectivity index (χ1v) is 8.37. The molecule has 0 bridgehead atoms. The van der Waals surface area contributed by atoms with Gasteiger partial charge < -0.3 is 14.0 Å². The Morgan fingerprint density at radius 2 is 2.12 bits per heavy atom. The molecule has 0 amide bonds. The Bertz CT molecular complexity index is 1090. The van der Waals surface area contributed by atoms with Gasteiger partial charge in [-0.25, -0.2) is 0 Å². The van der Waals surface area contributed by atoms with Gasteiger partial charge in [-0.2, -0.15) is 5.26 Å². The van der Waals surface area contributed by atoms with Gasteiger partial charge >= 0.3 is 0 Å². The SMILES string of the molecule is CCn1cc(/C=C2\Oc3cc(OCC#N)ccc3C2=O)c2ccccc21. The minimum atomic E-state index is -0.153. The zero-order valence-electron chi connectivity index (χ0n) is 14.2. The normalized spacial score (nSPS) is 14.3. The molecule has 0 atom stereocenters. The van der Waals surface area contributed by atoms with Gasteiger partial charge in [0.25, 0.3) is 0 Å². The van der Waals surface area contributed by atoms with Crippen LogP contribution in [0, 0.1) is 11.3 Å². The smallest absolute Gasteiger partial charge is 0.231 e. The fourth-order valence-electron chi connectivity index (χ4n) is 3.17. The van der Waals surface area contributed by atoms with E-state index in [4.69, 9.17) is 14.7 Å². The van der Waals surface area contributed by atoms with Crippen molar-refractivity contribution < 1.29 is 14.3 Å². The highest BCUT2D eigenvalue weighted by Gasteiger charge is 2.28. The Hall–Kier alpha value is -3.52. The maximum absolute atomic E-state index is 12.6. The Balaban J connectivity index is 1.71. The number of carbonyl (C=O) groups excluding carboxylic acids is 1. The van der Waals surface area contributed by atoms with E-state index in [-0.39, 0.29) is 18.1 Å². The fraction of sp³-hybridized carbons (Fsp3) is 0.143. The largest absolute Gasteiger partial charge is 0.479 e. The molecule has 0 saturated carbocycles. The summed E-state index contributed by atoms with van der Waals surface area (Å²) < 4.78 is 13.2. The minimum Gasteiger partial charge on any atom is -0.479 e. The number of Topliss-reactive ketones (excluding diaryl/α,β-unsaturated/α-hetero) is 1. The Morgan fingerprint density at radius 1 is 1.27 bits per heavy atom. The van der Waals surface area contributed by atoms with Crippen LogP contribution in [0.2, 0.25) is 0 Å². The summed E-state index contributed by atoms with van der Waals surface area (Å²) in [4.78, 5) is 12.6. The van der Waals surface area contributed by atoms with Crippen LogP contribution in [0.1, 0.15) is 22.8 Å². The van der Waals surface area contributed by atoms with Gasteiger partial charge in [0.1, 0.15) is 17.6 Å². The molecule has 2 heterocycles. The summed E-state index contributed by atoms with van der Waals surface area (Å²) in [6, 6.07) is 15.0. The fourth-order valence-corrected chi connectivity index (χ4v) is 3.17. The number of aryl methyl sites for hydroxylation is 1. The molecule has 0 unspecified atom stereocenters. The molecule has 128 valence electrons. The number of carbonyl (C=O) groups is 1. The van der Waals surface area contributed by atoms with E-state index in [0.717, 1.165) is 23.0 Å². The number of benzene rings is 2. The maximum Gasteiger partial charge on any atom is 0.231 e. The number of aromatic nitrogens is 1. The topological polar surface area (TPSA) is 64.2 Å². The lowest BCUT2D eigenvalue weighted by Gasteiger charge is -2.02. The predicted molar refractivity (Wildman–Crippen MR) is 98.1 cm³/mol. The zero-order chi connectivity index (χ0) is 18.1. The number of rotatable bonds is 4. The highest BCUT2D eigenvalue weighted by Crippen LogP contribution is 2.35. The highest BCUT2D eigenvalue weighted by atomic mass is 16.5. The molecule has 0 aliphatic carbocycles. The van der Waals surface area contributed by atoms with Crippen LogP contribution in [0.3, 0.4) is 0 Å². The third-order valence-electron chi connectivity index (χ3n) is 4.39. The minimum absolute atomic E-state index is 0.0497. The second-order valence-corrected chi connectivity index (χ2v) is 5.93. The highest BCUT2D eigenvalue weighted by molar-refractivity contribution is 6.15. The molecular weight excluding hydrogens is 328 g/mol. The molecule has 2 aromatic carbocycles. The van der Waals surface area contributed by atoms with E-state index in [2.05, 4.69) is 17.6 Å². The van der Waals surface area contributed by atoms with E-state index in [0.29, 0.717) is 17.1 Å². The molecule has 0 spiro atoms. The quantitative estimate of drug-likeness (QED) is 0.666. The number of hydrogen-bond acceptors (Lipinski definition) is 4. The third-order valence-corrected chi connectivity index (χ3v) is 4.39. The molecule has 0 radical (unpaired) electrons. The summed E-state index contributed by atoms with van der Waals surface area (Å²) in [6.07, 6.45) is 3.81. The van der Waals surface area contributed by atoms with Crippen molar-refractivity contribution in [3.05, 3.63) is 65.5 Å². The van der Waals surface area contributed by atoms with Crippen molar-refractivity contribution >= 4 is 22.8 Å². The standard InChI is InChI=1S/C21H16N2O3/c1-2-23-13-14(16-5-3-4-6-18(16)23)11-20-21(24)17-8-7-15(25-10-9-22)12-19(17)26-20/h3-8,11-13H,2,10H2,1H3/b20-11-. The monoisotopic (exact) mass is 344 g/mol. The van der Waals surface area contributed by atoms with Gasteiger partial charge in [0.05, 0.1) is 5.56 Å². The van der Waals surface area contributed by atoms with Crippen molar-refractivity contribution in [1.82, 2.24) is 4.57 Å². The van der Waals surface area contributed by atoms with Crippen LogP contribution in [-0.2, 0) is 6.54 Å². The molecule has 1 aliphatic heterocycles. The number of allylic oxidation sites excluding steroid dienone is 1. The van der Waals surface area contributed by atoms with E-state index in [1.807, 2.05) is 30.5 Å². The Morgan fingerprint density at radius 3 is 2.92 bits per heavy atom. The molecule has 26 heavy (non-hydrogen) atoms. The summed E-state index contributed by atoms with van der Waals surface area (Å²) in [5.74, 6) is 1.09. The lowest BCUT2D eigenvalue weighted by molar-refractivity contribution is 0.101. The summed E-state index contributed by atoms with van der Waals surface area (Å²) in [6.45, 7) is 2.88. The molecule has 0 fully saturated rings. The van der Waals surface area contributed by atoms with Crippen molar-refractivity contribution in [1.29, 1.82) is 5.26 Å². The average molecular weight is 344 g/mol. The Labute approximate surface area is 150 Å². The number of nitriles is 1. The molecule has 1 aliphatic rings. The van der Waals surface area contributed by atoms with Gasteiger partial charge in [-0.3, -0.25) is 4.79 Å². The van der Waals surface area contributed by atoms with Gasteiger partial charge in [-0.15, -0.1) is 0 Å². The number of fused-ring (bicyclic) bond motifs is 2. The summed E-state index contributed by atoms with van der Waals surface area (Å²) >= 11 is 0. The second kappa shape index (κ2) is 6.41. The first-order valence-electron chi connectivity index (χ1n) is 8.37. The number of para-hydroxylation sites is 1. The van der Waals surface area contributed by atoms with Crippen LogP contribution in [0.4, 0.5) is 0 Å². The first-order chi connectivity index (χ1) is 12.7. The van der Waals surface area contributed by atoms with Crippen LogP contribution >= 0.6 is 0 Å². The number of ether oxygens (including phenoxy) is 2. The van der Waals surface area contributed by atoms with Crippen LogP contribution < -0.4 is 9.47 Å². The molecule has 3 aromatic rings. The van der Waals surface area contributed by atoms with Crippen molar-refractivity contribution in [3.63, 3.8) is 0 Å². The van der Waals surface area contributed by atoms with E-state index >= 15 is 0 Å². The van der Waals surface area contributed by atoms with Gasteiger partial charge in [-0.1, -0.05) is 18.2 Å². The van der Waals surface area contributed by atoms with Gasteiger partial charge in [-0.05, 0) is 31.2 Å². The van der Waals surface area contributed by atoms with Gasteiger partial charge in [0.15, 0.2) is 12.4 Å². The summed E-state index contributed by atoms with van der Waals surface area (Å²) in [5, 5.41) is 9.68. The van der Waals surface area contributed by atoms with E-state index < -0.39 is 0 Å². The lowest BCUT2D eigenvalue weighted by Crippen LogP contribution is -1.98. The number of ketones is 1. The van der Waals surface area contributed by atoms with Crippen molar-refractivity contribution in [3.8, 4) is 17.6 Å².